The van der Waals surface area contributed by atoms with E-state index in [9.17, 15) is 19.1 Å². The summed E-state index contributed by atoms with van der Waals surface area (Å²) in [6.45, 7) is 1.45. The zero-order valence-corrected chi connectivity index (χ0v) is 18.0. The number of carboxylic acids is 1. The van der Waals surface area contributed by atoms with Gasteiger partial charge in [-0.25, -0.2) is 14.2 Å². The van der Waals surface area contributed by atoms with Crippen LogP contribution in [0.5, 0.6) is 0 Å². The van der Waals surface area contributed by atoms with E-state index in [1.807, 2.05) is 0 Å². The average molecular weight is 465 g/mol. The number of hydrogen-bond acceptors (Lipinski definition) is 8. The Kier molecular flexibility index (Phi) is 6.01. The molecule has 2 heterocycles. The Balaban J connectivity index is 1.66. The fraction of sp³-hybridized carbons (Fsp3) is 0.350. The summed E-state index contributed by atoms with van der Waals surface area (Å²) in [6, 6.07) is 4.23. The maximum atomic E-state index is 13.4. The molecular formula is C20H18ClFN4O4S. The van der Waals surface area contributed by atoms with Crippen LogP contribution in [0.4, 0.5) is 15.2 Å². The predicted molar refractivity (Wildman–Crippen MR) is 112 cm³/mol. The molecule has 162 valence electrons. The molecule has 1 atom stereocenters. The zero-order chi connectivity index (χ0) is 22.1. The molecule has 1 saturated carbocycles. The van der Waals surface area contributed by atoms with Crippen molar-refractivity contribution in [2.24, 2.45) is 0 Å². The highest BCUT2D eigenvalue weighted by Crippen LogP contribution is 2.37. The first kappa shape index (κ1) is 21.4. The Morgan fingerprint density at radius 3 is 2.58 bits per heavy atom. The first-order chi connectivity index (χ1) is 14.8. The molecule has 0 saturated heterocycles. The molecule has 8 nitrogen and oxygen atoms in total. The molecule has 0 bridgehead atoms. The van der Waals surface area contributed by atoms with Crippen LogP contribution in [-0.2, 0) is 4.79 Å². The first-order valence-electron chi connectivity index (χ1n) is 9.67. The molecular weight excluding hydrogens is 447 g/mol. The summed E-state index contributed by atoms with van der Waals surface area (Å²) in [5, 5.41) is 13.5. The highest BCUT2D eigenvalue weighted by Gasteiger charge is 2.31. The number of rotatable bonds is 7. The third-order valence-corrected chi connectivity index (χ3v) is 6.63. The quantitative estimate of drug-likeness (QED) is 0.495. The molecule has 1 N–H and O–H groups in total. The minimum atomic E-state index is -1.12. The number of halogens is 2. The van der Waals surface area contributed by atoms with Gasteiger partial charge in [0.2, 0.25) is 0 Å². The minimum absolute atomic E-state index is 0.0583. The van der Waals surface area contributed by atoms with Gasteiger partial charge in [0.25, 0.3) is 11.7 Å². The maximum absolute atomic E-state index is 13.4. The molecule has 31 heavy (non-hydrogen) atoms. The van der Waals surface area contributed by atoms with Crippen molar-refractivity contribution in [3.05, 3.63) is 51.8 Å². The number of carbonyl (C=O) groups excluding carboxylic acids is 1. The fourth-order valence-electron chi connectivity index (χ4n) is 3.52. The summed E-state index contributed by atoms with van der Waals surface area (Å²) in [6.07, 6.45) is 4.09. The molecule has 0 amide bonds. The maximum Gasteiger partial charge on any atom is 0.326 e. The lowest BCUT2D eigenvalue weighted by Crippen LogP contribution is -2.35. The molecule has 1 aliphatic carbocycles. The third kappa shape index (κ3) is 4.31. The Labute approximate surface area is 185 Å². The third-order valence-electron chi connectivity index (χ3n) is 5.19. The van der Waals surface area contributed by atoms with Gasteiger partial charge in [0.15, 0.2) is 16.1 Å². The summed E-state index contributed by atoms with van der Waals surface area (Å²) in [5.74, 6) is -1.65. The van der Waals surface area contributed by atoms with Crippen LogP contribution >= 0.6 is 22.9 Å². The van der Waals surface area contributed by atoms with Crippen molar-refractivity contribution in [1.29, 1.82) is 0 Å². The van der Waals surface area contributed by atoms with Gasteiger partial charge < -0.3 is 14.5 Å². The number of nitrogens with zero attached hydrogens (tertiary/aromatic N) is 4. The largest absolute Gasteiger partial charge is 0.480 e. The van der Waals surface area contributed by atoms with Crippen LogP contribution in [0, 0.1) is 5.82 Å². The van der Waals surface area contributed by atoms with Crippen LogP contribution in [0.1, 0.15) is 59.9 Å². The number of benzene rings is 1. The number of ketones is 1. The van der Waals surface area contributed by atoms with Crippen LogP contribution in [0.25, 0.3) is 0 Å². The van der Waals surface area contributed by atoms with Crippen molar-refractivity contribution in [3.63, 3.8) is 0 Å². The van der Waals surface area contributed by atoms with E-state index in [0.717, 1.165) is 37.0 Å². The van der Waals surface area contributed by atoms with E-state index in [2.05, 4.69) is 15.1 Å². The van der Waals surface area contributed by atoms with Crippen molar-refractivity contribution in [2.75, 3.05) is 4.90 Å². The van der Waals surface area contributed by atoms with E-state index in [4.69, 9.17) is 16.1 Å². The molecule has 1 aliphatic rings. The summed E-state index contributed by atoms with van der Waals surface area (Å²) in [4.78, 5) is 34.4. The molecule has 3 aromatic rings. The SMILES string of the molecule is C[C@@H](C(=O)O)N(c1ccc(F)cc1)c1nc(Cl)c(C(=O)c2nc(C3CCCC3)no2)s1. The van der Waals surface area contributed by atoms with E-state index >= 15 is 0 Å². The summed E-state index contributed by atoms with van der Waals surface area (Å²) >= 11 is 7.12. The molecule has 0 aliphatic heterocycles. The van der Waals surface area contributed by atoms with Gasteiger partial charge in [-0.15, -0.1) is 0 Å². The number of carbonyl (C=O) groups is 2. The summed E-state index contributed by atoms with van der Waals surface area (Å²) in [5.41, 5.74) is 0.391. The van der Waals surface area contributed by atoms with Crippen molar-refractivity contribution in [1.82, 2.24) is 15.1 Å². The Hall–Kier alpha value is -2.85. The number of aliphatic carboxylic acids is 1. The van der Waals surface area contributed by atoms with Gasteiger partial charge in [0, 0.05) is 11.6 Å². The zero-order valence-electron chi connectivity index (χ0n) is 16.4. The summed E-state index contributed by atoms with van der Waals surface area (Å²) in [7, 11) is 0. The topological polar surface area (TPSA) is 109 Å². The average Bonchev–Trinajstić information content (AvgIpc) is 3.49. The highest BCUT2D eigenvalue weighted by molar-refractivity contribution is 7.18. The van der Waals surface area contributed by atoms with Gasteiger partial charge in [0.05, 0.1) is 0 Å². The lowest BCUT2D eigenvalue weighted by molar-refractivity contribution is -0.138. The smallest absolute Gasteiger partial charge is 0.326 e. The van der Waals surface area contributed by atoms with Gasteiger partial charge in [-0.2, -0.15) is 4.98 Å². The predicted octanol–water partition coefficient (Wildman–Crippen LogP) is 4.82. The second-order valence-electron chi connectivity index (χ2n) is 7.25. The van der Waals surface area contributed by atoms with Crippen LogP contribution in [-0.4, -0.2) is 38.0 Å². The molecule has 0 unspecified atom stereocenters. The van der Waals surface area contributed by atoms with Crippen LogP contribution in [0.15, 0.2) is 28.8 Å². The van der Waals surface area contributed by atoms with E-state index in [-0.39, 0.29) is 27.0 Å². The first-order valence-corrected chi connectivity index (χ1v) is 10.9. The molecule has 4 rings (SSSR count). The van der Waals surface area contributed by atoms with Crippen molar-refractivity contribution < 1.29 is 23.6 Å². The number of hydrogen-bond donors (Lipinski definition) is 1. The Morgan fingerprint density at radius 2 is 1.94 bits per heavy atom. The monoisotopic (exact) mass is 464 g/mol. The molecule has 11 heteroatoms. The number of thiazole rings is 1. The van der Waals surface area contributed by atoms with Crippen LogP contribution < -0.4 is 4.90 Å². The van der Waals surface area contributed by atoms with Crippen molar-refractivity contribution in [2.45, 2.75) is 44.6 Å². The molecule has 1 fully saturated rings. The van der Waals surface area contributed by atoms with Crippen LogP contribution in [0.3, 0.4) is 0 Å². The molecule has 0 spiro atoms. The molecule has 2 aromatic heterocycles. The summed E-state index contributed by atoms with van der Waals surface area (Å²) < 4.78 is 18.5. The number of anilines is 2. The van der Waals surface area contributed by atoms with Gasteiger partial charge in [-0.1, -0.05) is 40.9 Å². The van der Waals surface area contributed by atoms with Crippen LogP contribution in [0.2, 0.25) is 5.15 Å². The van der Waals surface area contributed by atoms with E-state index in [1.54, 1.807) is 0 Å². The van der Waals surface area contributed by atoms with E-state index in [1.165, 1.54) is 36.1 Å². The highest BCUT2D eigenvalue weighted by atomic mass is 35.5. The second-order valence-corrected chi connectivity index (χ2v) is 8.58. The van der Waals surface area contributed by atoms with Gasteiger partial charge in [-0.05, 0) is 44.0 Å². The van der Waals surface area contributed by atoms with Gasteiger partial charge in [0.1, 0.15) is 16.7 Å². The van der Waals surface area contributed by atoms with Gasteiger partial charge in [-0.3, -0.25) is 4.79 Å². The standard InChI is InChI=1S/C20H18ClFN4O4S/c1-10(19(28)29)26(13-8-6-12(22)7-9-13)20-23-16(21)15(31-20)14(27)18-24-17(25-30-18)11-4-2-3-5-11/h6-11H,2-5H2,1H3,(H,28,29)/t10-/m0/s1. The van der Waals surface area contributed by atoms with Crippen molar-refractivity contribution >= 4 is 45.5 Å². The van der Waals surface area contributed by atoms with Crippen molar-refractivity contribution in [3.8, 4) is 0 Å². The Morgan fingerprint density at radius 1 is 1.26 bits per heavy atom. The normalized spacial score (nSPS) is 15.2. The van der Waals surface area contributed by atoms with E-state index < -0.39 is 23.6 Å². The number of carboxylic acid groups (broad SMARTS) is 1. The Bertz CT molecular complexity index is 1110. The second kappa shape index (κ2) is 8.72. The number of aromatic nitrogens is 3. The lowest BCUT2D eigenvalue weighted by Gasteiger charge is -2.25. The lowest BCUT2D eigenvalue weighted by atomic mass is 10.1. The molecule has 0 radical (unpaired) electrons. The fourth-order valence-corrected chi connectivity index (χ4v) is 4.84. The minimum Gasteiger partial charge on any atom is -0.480 e. The van der Waals surface area contributed by atoms with E-state index in [0.29, 0.717) is 11.5 Å². The molecule has 1 aromatic carbocycles. The van der Waals surface area contributed by atoms with Gasteiger partial charge >= 0.3 is 5.97 Å².